The number of H-pyrrole nitrogens is 1. The number of aromatic amines is 1. The smallest absolute Gasteiger partial charge is 0.343 e. The van der Waals surface area contributed by atoms with E-state index in [-0.39, 0.29) is 28.0 Å². The Hall–Kier alpha value is -4.96. The average Bonchev–Trinajstić information content (AvgIpc) is 3.60. The molecule has 6 aromatic rings. The number of hydrogen-bond acceptors (Lipinski definition) is 9. The summed E-state index contributed by atoms with van der Waals surface area (Å²) in [4.78, 5) is 37.8. The second-order valence-electron chi connectivity index (χ2n) is 7.68. The zero-order valence-corrected chi connectivity index (χ0v) is 19.2. The second kappa shape index (κ2) is 9.01. The summed E-state index contributed by atoms with van der Waals surface area (Å²) in [6.45, 7) is 0. The Balaban J connectivity index is 1.54. The fraction of sp³-hybridized carbons (Fsp3) is 0. The number of fused-ring (bicyclic) bond motifs is 2. The van der Waals surface area contributed by atoms with E-state index in [0.717, 1.165) is 17.3 Å². The first-order valence-corrected chi connectivity index (χ1v) is 11.5. The number of nitrogens with zero attached hydrogens (tertiary/aromatic N) is 4. The molecule has 10 heteroatoms. The van der Waals surface area contributed by atoms with Gasteiger partial charge in [-0.1, -0.05) is 36.4 Å². The van der Waals surface area contributed by atoms with E-state index in [1.165, 1.54) is 0 Å². The molecule has 3 aromatic carbocycles. The minimum absolute atomic E-state index is 0.124. The number of nitrogens with one attached hydrogen (secondary N) is 1. The Morgan fingerprint density at radius 2 is 1.25 bits per heavy atom. The van der Waals surface area contributed by atoms with Gasteiger partial charge in [-0.2, -0.15) is 8.75 Å². The minimum atomic E-state index is -0.575. The summed E-state index contributed by atoms with van der Waals surface area (Å²) in [6, 6.07) is 20.8. The van der Waals surface area contributed by atoms with Gasteiger partial charge in [0.1, 0.15) is 16.9 Å². The number of imidazole rings is 1. The number of hydrogen-bond donors (Lipinski definition) is 1. The third kappa shape index (κ3) is 3.85. The summed E-state index contributed by atoms with van der Waals surface area (Å²) in [5.74, 6) is -0.402. The van der Waals surface area contributed by atoms with Crippen molar-refractivity contribution in [3.05, 3.63) is 96.3 Å². The Morgan fingerprint density at radius 1 is 0.694 bits per heavy atom. The maximum Gasteiger partial charge on any atom is 0.343 e. The van der Waals surface area contributed by atoms with Crippen LogP contribution in [-0.2, 0) is 0 Å². The summed E-state index contributed by atoms with van der Waals surface area (Å²) < 4.78 is 20.3. The molecular formula is C26H15N5O4S. The molecule has 0 aliphatic carbocycles. The quantitative estimate of drug-likeness (QED) is 0.261. The van der Waals surface area contributed by atoms with Crippen LogP contribution in [-0.4, -0.2) is 35.6 Å². The van der Waals surface area contributed by atoms with E-state index < -0.39 is 11.9 Å². The SMILES string of the molecule is O=C(Oc1c2nsnc2c(OC(=O)c2ccccc2)c2[nH]c(-c3ccncc3)nc12)c1ccccc1. The number of pyridine rings is 1. The average molecular weight is 494 g/mol. The van der Waals surface area contributed by atoms with Crippen LogP contribution in [0.5, 0.6) is 11.5 Å². The summed E-state index contributed by atoms with van der Waals surface area (Å²) in [6.07, 6.45) is 3.27. The lowest BCUT2D eigenvalue weighted by atomic mass is 10.2. The largest absolute Gasteiger partial charge is 0.418 e. The summed E-state index contributed by atoms with van der Waals surface area (Å²) >= 11 is 0.909. The highest BCUT2D eigenvalue weighted by Crippen LogP contribution is 2.42. The van der Waals surface area contributed by atoms with E-state index in [1.54, 1.807) is 73.1 Å². The third-order valence-electron chi connectivity index (χ3n) is 5.43. The molecule has 3 heterocycles. The molecule has 3 aromatic heterocycles. The van der Waals surface area contributed by atoms with Gasteiger partial charge in [0, 0.05) is 18.0 Å². The fourth-order valence-corrected chi connectivity index (χ4v) is 4.26. The molecule has 0 aliphatic heterocycles. The highest BCUT2D eigenvalue weighted by Gasteiger charge is 2.27. The molecule has 36 heavy (non-hydrogen) atoms. The first kappa shape index (κ1) is 21.6. The molecule has 0 radical (unpaired) electrons. The highest BCUT2D eigenvalue weighted by atomic mass is 32.1. The van der Waals surface area contributed by atoms with Crippen LogP contribution < -0.4 is 9.47 Å². The van der Waals surface area contributed by atoms with Gasteiger partial charge in [-0.3, -0.25) is 4.98 Å². The molecule has 0 atom stereocenters. The summed E-state index contributed by atoms with van der Waals surface area (Å²) in [7, 11) is 0. The Labute approximate surface area is 207 Å². The van der Waals surface area contributed by atoms with Crippen LogP contribution in [0.1, 0.15) is 20.7 Å². The lowest BCUT2D eigenvalue weighted by Gasteiger charge is -2.10. The second-order valence-corrected chi connectivity index (χ2v) is 8.20. The van der Waals surface area contributed by atoms with Crippen molar-refractivity contribution in [3.8, 4) is 22.9 Å². The number of carbonyl (C=O) groups is 2. The summed E-state index contributed by atoms with van der Waals surface area (Å²) in [5, 5.41) is 0. The molecule has 0 aliphatic rings. The van der Waals surface area contributed by atoms with Gasteiger partial charge in [0.05, 0.1) is 22.9 Å². The van der Waals surface area contributed by atoms with Crippen LogP contribution >= 0.6 is 11.7 Å². The number of aromatic nitrogens is 5. The van der Waals surface area contributed by atoms with Gasteiger partial charge in [-0.25, -0.2) is 14.6 Å². The molecule has 0 saturated heterocycles. The van der Waals surface area contributed by atoms with Crippen molar-refractivity contribution in [2.24, 2.45) is 0 Å². The number of rotatable bonds is 5. The van der Waals surface area contributed by atoms with Gasteiger partial charge >= 0.3 is 11.9 Å². The normalized spacial score (nSPS) is 11.0. The highest BCUT2D eigenvalue weighted by molar-refractivity contribution is 7.00. The predicted octanol–water partition coefficient (Wildman–Crippen LogP) is 5.07. The Kier molecular flexibility index (Phi) is 5.39. The van der Waals surface area contributed by atoms with Crippen LogP contribution in [0.25, 0.3) is 33.5 Å². The molecule has 0 spiro atoms. The van der Waals surface area contributed by atoms with Gasteiger partial charge in [-0.15, -0.1) is 0 Å². The summed E-state index contributed by atoms with van der Waals surface area (Å²) in [5.41, 5.74) is 2.65. The monoisotopic (exact) mass is 493 g/mol. The van der Waals surface area contributed by atoms with E-state index in [0.29, 0.717) is 22.5 Å². The minimum Gasteiger partial charge on any atom is -0.418 e. The van der Waals surface area contributed by atoms with Crippen LogP contribution in [0.15, 0.2) is 85.2 Å². The van der Waals surface area contributed by atoms with Crippen LogP contribution in [0.4, 0.5) is 0 Å². The molecule has 0 unspecified atom stereocenters. The zero-order chi connectivity index (χ0) is 24.5. The van der Waals surface area contributed by atoms with Crippen LogP contribution in [0.2, 0.25) is 0 Å². The van der Waals surface area contributed by atoms with Crippen molar-refractivity contribution >= 4 is 45.7 Å². The predicted molar refractivity (Wildman–Crippen MR) is 133 cm³/mol. The fourth-order valence-electron chi connectivity index (χ4n) is 3.71. The standard InChI is InChI=1S/C26H15N5O4S/c32-25(16-7-3-1-4-8-16)34-22-18-19(29-24(28-18)15-11-13-27-14-12-15)23(21-20(22)30-36-31-21)35-26(33)17-9-5-2-6-10-17/h1-14H,(H,28,29). The number of benzene rings is 3. The van der Waals surface area contributed by atoms with Crippen molar-refractivity contribution in [2.45, 2.75) is 0 Å². The van der Waals surface area contributed by atoms with E-state index in [2.05, 4.69) is 23.7 Å². The molecule has 1 N–H and O–H groups in total. The molecular weight excluding hydrogens is 478 g/mol. The number of carbonyl (C=O) groups excluding carboxylic acids is 2. The molecule has 174 valence electrons. The lowest BCUT2D eigenvalue weighted by Crippen LogP contribution is -2.11. The van der Waals surface area contributed by atoms with Crippen molar-refractivity contribution in [1.82, 2.24) is 23.7 Å². The van der Waals surface area contributed by atoms with Gasteiger partial charge in [0.25, 0.3) is 0 Å². The topological polar surface area (TPSA) is 120 Å². The maximum atomic E-state index is 13.0. The maximum absolute atomic E-state index is 13.0. The lowest BCUT2D eigenvalue weighted by molar-refractivity contribution is 0.0726. The number of ether oxygens (including phenoxy) is 2. The van der Waals surface area contributed by atoms with Gasteiger partial charge in [-0.05, 0) is 36.4 Å². The van der Waals surface area contributed by atoms with Crippen LogP contribution in [0.3, 0.4) is 0 Å². The van der Waals surface area contributed by atoms with Crippen LogP contribution in [0, 0.1) is 0 Å². The molecule has 0 saturated carbocycles. The van der Waals surface area contributed by atoms with Crippen molar-refractivity contribution in [2.75, 3.05) is 0 Å². The first-order valence-electron chi connectivity index (χ1n) is 10.8. The van der Waals surface area contributed by atoms with E-state index in [4.69, 9.17) is 9.47 Å². The number of esters is 2. The van der Waals surface area contributed by atoms with Gasteiger partial charge < -0.3 is 14.5 Å². The van der Waals surface area contributed by atoms with Gasteiger partial charge in [0.2, 0.25) is 0 Å². The Bertz CT molecular complexity index is 1610. The zero-order valence-electron chi connectivity index (χ0n) is 18.4. The van der Waals surface area contributed by atoms with Crippen molar-refractivity contribution in [1.29, 1.82) is 0 Å². The molecule has 9 nitrogen and oxygen atoms in total. The van der Waals surface area contributed by atoms with E-state index >= 15 is 0 Å². The van der Waals surface area contributed by atoms with Crippen molar-refractivity contribution in [3.63, 3.8) is 0 Å². The third-order valence-corrected chi connectivity index (χ3v) is 5.96. The molecule has 6 rings (SSSR count). The van der Waals surface area contributed by atoms with Crippen molar-refractivity contribution < 1.29 is 19.1 Å². The van der Waals surface area contributed by atoms with E-state index in [1.807, 2.05) is 12.1 Å². The molecule has 0 fully saturated rings. The Morgan fingerprint density at radius 3 is 1.86 bits per heavy atom. The first-order chi connectivity index (χ1) is 17.7. The van der Waals surface area contributed by atoms with Gasteiger partial charge in [0.15, 0.2) is 22.5 Å². The molecule has 0 bridgehead atoms. The molecule has 0 amide bonds. The van der Waals surface area contributed by atoms with E-state index in [9.17, 15) is 9.59 Å².